The largest absolute Gasteiger partial charge is 0.310 e. The van der Waals surface area contributed by atoms with Crippen molar-refractivity contribution in [1.82, 2.24) is 20.1 Å². The Balaban J connectivity index is 1.90. The van der Waals surface area contributed by atoms with Crippen LogP contribution in [0.2, 0.25) is 0 Å². The van der Waals surface area contributed by atoms with E-state index in [0.29, 0.717) is 6.04 Å². The summed E-state index contributed by atoms with van der Waals surface area (Å²) in [6.45, 7) is 11.1. The SMILES string of the molecule is CCCNCc1nc(CN2CCCN(C)CC2CC)cs1. The van der Waals surface area contributed by atoms with Gasteiger partial charge in [-0.3, -0.25) is 4.90 Å². The molecule has 21 heavy (non-hydrogen) atoms. The molecule has 4 nitrogen and oxygen atoms in total. The Morgan fingerprint density at radius 2 is 2.24 bits per heavy atom. The van der Waals surface area contributed by atoms with Gasteiger partial charge in [0.05, 0.1) is 5.69 Å². The molecule has 0 spiro atoms. The Labute approximate surface area is 133 Å². The molecule has 1 unspecified atom stereocenters. The molecule has 1 N–H and O–H groups in total. The van der Waals surface area contributed by atoms with Crippen LogP contribution in [0.1, 0.15) is 43.8 Å². The number of rotatable bonds is 7. The first-order chi connectivity index (χ1) is 10.2. The monoisotopic (exact) mass is 310 g/mol. The van der Waals surface area contributed by atoms with Crippen molar-refractivity contribution in [3.8, 4) is 0 Å². The van der Waals surface area contributed by atoms with Crippen molar-refractivity contribution < 1.29 is 0 Å². The Hall–Kier alpha value is -0.490. The Morgan fingerprint density at radius 1 is 1.38 bits per heavy atom. The maximum absolute atomic E-state index is 4.80. The number of likely N-dealkylation sites (N-methyl/N-ethyl adjacent to an activating group) is 1. The number of hydrogen-bond donors (Lipinski definition) is 1. The van der Waals surface area contributed by atoms with Gasteiger partial charge in [0.1, 0.15) is 5.01 Å². The van der Waals surface area contributed by atoms with E-state index in [0.717, 1.165) is 19.6 Å². The van der Waals surface area contributed by atoms with E-state index in [2.05, 4.69) is 41.4 Å². The summed E-state index contributed by atoms with van der Waals surface area (Å²) in [5, 5.41) is 6.89. The molecule has 1 atom stereocenters. The van der Waals surface area contributed by atoms with Crippen LogP contribution >= 0.6 is 11.3 Å². The van der Waals surface area contributed by atoms with Crippen molar-refractivity contribution in [2.75, 3.05) is 33.2 Å². The molecule has 0 amide bonds. The molecule has 0 bridgehead atoms. The van der Waals surface area contributed by atoms with Gasteiger partial charge in [-0.05, 0) is 39.4 Å². The van der Waals surface area contributed by atoms with Gasteiger partial charge in [-0.1, -0.05) is 13.8 Å². The second-order valence-corrected chi connectivity index (χ2v) is 7.00. The van der Waals surface area contributed by atoms with Crippen molar-refractivity contribution in [3.63, 3.8) is 0 Å². The van der Waals surface area contributed by atoms with Crippen LogP contribution < -0.4 is 5.32 Å². The van der Waals surface area contributed by atoms with Crippen LogP contribution in [0.15, 0.2) is 5.38 Å². The van der Waals surface area contributed by atoms with Crippen molar-refractivity contribution in [1.29, 1.82) is 0 Å². The third-order valence-electron chi connectivity index (χ3n) is 4.16. The Morgan fingerprint density at radius 3 is 3.00 bits per heavy atom. The summed E-state index contributed by atoms with van der Waals surface area (Å²) in [5.74, 6) is 0. The average molecular weight is 311 g/mol. The van der Waals surface area contributed by atoms with Gasteiger partial charge < -0.3 is 10.2 Å². The van der Waals surface area contributed by atoms with Gasteiger partial charge in [-0.25, -0.2) is 4.98 Å². The fourth-order valence-electron chi connectivity index (χ4n) is 2.97. The number of aromatic nitrogens is 1. The zero-order valence-corrected chi connectivity index (χ0v) is 14.6. The fourth-order valence-corrected chi connectivity index (χ4v) is 3.73. The lowest BCUT2D eigenvalue weighted by Gasteiger charge is -2.29. The van der Waals surface area contributed by atoms with E-state index in [1.807, 2.05) is 0 Å². The summed E-state index contributed by atoms with van der Waals surface area (Å²) < 4.78 is 0. The van der Waals surface area contributed by atoms with E-state index in [1.54, 1.807) is 11.3 Å². The van der Waals surface area contributed by atoms with E-state index in [-0.39, 0.29) is 0 Å². The number of hydrogen-bond acceptors (Lipinski definition) is 5. The second-order valence-electron chi connectivity index (χ2n) is 6.06. The first-order valence-corrected chi connectivity index (χ1v) is 9.17. The van der Waals surface area contributed by atoms with Crippen LogP contribution in [0.4, 0.5) is 0 Å². The zero-order chi connectivity index (χ0) is 15.1. The van der Waals surface area contributed by atoms with Gasteiger partial charge in [0, 0.05) is 37.6 Å². The summed E-state index contributed by atoms with van der Waals surface area (Å²) in [7, 11) is 2.24. The molecule has 1 aliphatic heterocycles. The molecule has 1 aromatic rings. The van der Waals surface area contributed by atoms with Crippen molar-refractivity contribution in [3.05, 3.63) is 16.1 Å². The standard InChI is InChI=1S/C16H30N4S/c1-4-7-17-10-16-18-14(13-21-16)11-20-9-6-8-19(3)12-15(20)5-2/h13,15,17H,4-12H2,1-3H3. The molecule has 1 aliphatic rings. The maximum atomic E-state index is 4.80. The zero-order valence-electron chi connectivity index (χ0n) is 13.8. The van der Waals surface area contributed by atoms with E-state index >= 15 is 0 Å². The highest BCUT2D eigenvalue weighted by Crippen LogP contribution is 2.17. The minimum Gasteiger partial charge on any atom is -0.310 e. The smallest absolute Gasteiger partial charge is 0.107 e. The molecule has 5 heteroatoms. The quantitative estimate of drug-likeness (QED) is 0.784. The van der Waals surface area contributed by atoms with Crippen molar-refractivity contribution in [2.45, 2.75) is 52.2 Å². The van der Waals surface area contributed by atoms with E-state index < -0.39 is 0 Å². The molecule has 120 valence electrons. The summed E-state index contributed by atoms with van der Waals surface area (Å²) in [4.78, 5) is 9.89. The summed E-state index contributed by atoms with van der Waals surface area (Å²) >= 11 is 1.79. The van der Waals surface area contributed by atoms with Gasteiger partial charge in [-0.15, -0.1) is 11.3 Å². The molecule has 0 aromatic carbocycles. The number of thiazole rings is 1. The topological polar surface area (TPSA) is 31.4 Å². The lowest BCUT2D eigenvalue weighted by molar-refractivity contribution is 0.174. The van der Waals surface area contributed by atoms with Crippen LogP contribution in [0.5, 0.6) is 0 Å². The predicted molar refractivity (Wildman–Crippen MR) is 90.7 cm³/mol. The van der Waals surface area contributed by atoms with Crippen LogP contribution in [0, 0.1) is 0 Å². The van der Waals surface area contributed by atoms with Crippen molar-refractivity contribution in [2.24, 2.45) is 0 Å². The number of nitrogens with one attached hydrogen (secondary N) is 1. The second kappa shape index (κ2) is 8.83. The molecule has 0 radical (unpaired) electrons. The molecule has 2 heterocycles. The van der Waals surface area contributed by atoms with Crippen LogP contribution in [0.25, 0.3) is 0 Å². The molecule has 0 saturated carbocycles. The fraction of sp³-hybridized carbons (Fsp3) is 0.812. The third-order valence-corrected chi connectivity index (χ3v) is 5.06. The molecule has 1 saturated heterocycles. The minimum atomic E-state index is 0.667. The van der Waals surface area contributed by atoms with Crippen LogP contribution in [-0.2, 0) is 13.1 Å². The first kappa shape index (κ1) is 16.9. The van der Waals surface area contributed by atoms with Gasteiger partial charge in [-0.2, -0.15) is 0 Å². The molecular weight excluding hydrogens is 280 g/mol. The highest BCUT2D eigenvalue weighted by molar-refractivity contribution is 7.09. The molecule has 0 aliphatic carbocycles. The van der Waals surface area contributed by atoms with Gasteiger partial charge >= 0.3 is 0 Å². The lowest BCUT2D eigenvalue weighted by atomic mass is 10.2. The normalized spacial score (nSPS) is 21.6. The molecular formula is C16H30N4S. The van der Waals surface area contributed by atoms with Gasteiger partial charge in [0.15, 0.2) is 0 Å². The van der Waals surface area contributed by atoms with E-state index in [1.165, 1.54) is 49.6 Å². The third kappa shape index (κ3) is 5.33. The van der Waals surface area contributed by atoms with Gasteiger partial charge in [0.25, 0.3) is 0 Å². The average Bonchev–Trinajstić information content (AvgIpc) is 2.83. The Kier molecular flexibility index (Phi) is 7.10. The first-order valence-electron chi connectivity index (χ1n) is 8.29. The van der Waals surface area contributed by atoms with Gasteiger partial charge in [0.2, 0.25) is 0 Å². The number of nitrogens with zero attached hydrogens (tertiary/aromatic N) is 3. The van der Waals surface area contributed by atoms with E-state index in [4.69, 9.17) is 4.98 Å². The van der Waals surface area contributed by atoms with Crippen molar-refractivity contribution >= 4 is 11.3 Å². The highest BCUT2D eigenvalue weighted by Gasteiger charge is 2.22. The molecule has 2 rings (SSSR count). The maximum Gasteiger partial charge on any atom is 0.107 e. The van der Waals surface area contributed by atoms with Crippen LogP contribution in [-0.4, -0.2) is 54.1 Å². The lowest BCUT2D eigenvalue weighted by Crippen LogP contribution is -2.39. The highest BCUT2D eigenvalue weighted by atomic mass is 32.1. The Bertz CT molecular complexity index is 407. The summed E-state index contributed by atoms with van der Waals surface area (Å²) in [5.41, 5.74) is 1.25. The minimum absolute atomic E-state index is 0.667. The molecule has 1 fully saturated rings. The van der Waals surface area contributed by atoms with E-state index in [9.17, 15) is 0 Å². The van der Waals surface area contributed by atoms with Crippen LogP contribution in [0.3, 0.4) is 0 Å². The molecule has 1 aromatic heterocycles. The summed E-state index contributed by atoms with van der Waals surface area (Å²) in [6, 6.07) is 0.667. The summed E-state index contributed by atoms with van der Waals surface area (Å²) in [6.07, 6.45) is 3.67. The predicted octanol–water partition coefficient (Wildman–Crippen LogP) is 2.56.